The smallest absolute Gasteiger partial charge is 0.223 e. The highest BCUT2D eigenvalue weighted by atomic mass is 16.1. The third kappa shape index (κ3) is 5.32. The summed E-state index contributed by atoms with van der Waals surface area (Å²) in [6.45, 7) is 7.58. The Morgan fingerprint density at radius 2 is 1.66 bits per heavy atom. The Balaban J connectivity index is 1.25. The van der Waals surface area contributed by atoms with Gasteiger partial charge >= 0.3 is 0 Å². The maximum Gasteiger partial charge on any atom is 0.223 e. The first-order chi connectivity index (χ1) is 17.0. The number of aryl methyl sites for hydroxylation is 1. The molecule has 6 nitrogen and oxygen atoms in total. The van der Waals surface area contributed by atoms with Crippen LogP contribution >= 0.6 is 0 Å². The molecule has 1 saturated carbocycles. The fourth-order valence-corrected chi connectivity index (χ4v) is 6.99. The predicted molar refractivity (Wildman–Crippen MR) is 139 cm³/mol. The molecule has 3 heterocycles. The maximum atomic E-state index is 13.1. The van der Waals surface area contributed by atoms with E-state index in [0.717, 1.165) is 37.5 Å². The molecule has 1 aliphatic carbocycles. The molecule has 6 heteroatoms. The van der Waals surface area contributed by atoms with Gasteiger partial charge in [-0.25, -0.2) is 0 Å². The van der Waals surface area contributed by atoms with Crippen LogP contribution in [0.4, 0.5) is 0 Å². The van der Waals surface area contributed by atoms with Crippen molar-refractivity contribution in [3.63, 3.8) is 0 Å². The number of rotatable bonds is 8. The summed E-state index contributed by atoms with van der Waals surface area (Å²) < 4.78 is 2.44. The van der Waals surface area contributed by atoms with E-state index in [0.29, 0.717) is 24.0 Å². The number of fused-ring (bicyclic) bond motifs is 2. The molecule has 2 saturated heterocycles. The molecule has 1 aromatic heterocycles. The molecular formula is C29H43N5O. The molecule has 2 aromatic rings. The van der Waals surface area contributed by atoms with Crippen molar-refractivity contribution in [1.29, 1.82) is 0 Å². The Morgan fingerprint density at radius 3 is 2.31 bits per heavy atom. The molecule has 35 heavy (non-hydrogen) atoms. The van der Waals surface area contributed by atoms with Crippen molar-refractivity contribution in [2.75, 3.05) is 6.54 Å². The van der Waals surface area contributed by atoms with Crippen LogP contribution in [-0.2, 0) is 4.79 Å². The van der Waals surface area contributed by atoms with Crippen LogP contribution in [0.5, 0.6) is 0 Å². The summed E-state index contributed by atoms with van der Waals surface area (Å²) in [5, 5.41) is 12.4. The van der Waals surface area contributed by atoms with Gasteiger partial charge in [0.15, 0.2) is 0 Å². The minimum atomic E-state index is 0.0930. The lowest BCUT2D eigenvalue weighted by Crippen LogP contribution is -2.45. The van der Waals surface area contributed by atoms with Crippen LogP contribution in [0.1, 0.15) is 113 Å². The van der Waals surface area contributed by atoms with Crippen LogP contribution in [0.3, 0.4) is 0 Å². The summed E-state index contributed by atoms with van der Waals surface area (Å²) in [5.74, 6) is 3.05. The van der Waals surface area contributed by atoms with E-state index < -0.39 is 0 Å². The minimum Gasteiger partial charge on any atom is -0.349 e. The fraction of sp³-hybridized carbons (Fsp3) is 0.690. The molecule has 1 amide bonds. The molecule has 5 rings (SSSR count). The van der Waals surface area contributed by atoms with Gasteiger partial charge in [0.25, 0.3) is 0 Å². The highest BCUT2D eigenvalue weighted by Crippen LogP contribution is 2.42. The molecule has 190 valence electrons. The van der Waals surface area contributed by atoms with Gasteiger partial charge in [-0.1, -0.05) is 63.4 Å². The van der Waals surface area contributed by atoms with E-state index in [1.165, 1.54) is 50.5 Å². The third-order valence-corrected chi connectivity index (χ3v) is 8.80. The number of aromatic nitrogens is 3. The van der Waals surface area contributed by atoms with Crippen molar-refractivity contribution in [3.8, 4) is 0 Å². The van der Waals surface area contributed by atoms with Gasteiger partial charge in [0, 0.05) is 36.5 Å². The average molecular weight is 478 g/mol. The molecule has 3 fully saturated rings. The van der Waals surface area contributed by atoms with Gasteiger partial charge in [-0.2, -0.15) is 0 Å². The summed E-state index contributed by atoms with van der Waals surface area (Å²) in [6, 6.07) is 12.4. The second kappa shape index (κ2) is 10.8. The van der Waals surface area contributed by atoms with E-state index in [9.17, 15) is 4.79 Å². The van der Waals surface area contributed by atoms with E-state index in [1.807, 2.05) is 0 Å². The maximum absolute atomic E-state index is 13.1. The number of nitrogens with one attached hydrogen (secondary N) is 1. The lowest BCUT2D eigenvalue weighted by atomic mass is 9.88. The quantitative estimate of drug-likeness (QED) is 0.529. The zero-order valence-corrected chi connectivity index (χ0v) is 21.8. The lowest BCUT2D eigenvalue weighted by molar-refractivity contribution is -0.126. The number of hydrogen-bond acceptors (Lipinski definition) is 4. The Bertz CT molecular complexity index is 966. The van der Waals surface area contributed by atoms with Crippen molar-refractivity contribution >= 4 is 5.91 Å². The zero-order valence-electron chi connectivity index (χ0n) is 21.8. The standard InChI is InChI=1S/C29H43N5O/c1-20(2)28-32-31-21(3)34(28)26-18-24-14-15-25(19-26)33(24)17-16-27(22-10-6-4-7-11-22)30-29(35)23-12-8-5-9-13-23/h4,6-7,10-11,20,23-27H,5,8-9,12-19H2,1-3H3,(H,30,35)/t24?,25?,26?,27-/m0/s1. The molecule has 2 aliphatic heterocycles. The molecule has 3 aliphatic rings. The van der Waals surface area contributed by atoms with Crippen molar-refractivity contribution in [2.45, 2.75) is 115 Å². The fourth-order valence-electron chi connectivity index (χ4n) is 6.99. The van der Waals surface area contributed by atoms with Crippen molar-refractivity contribution < 1.29 is 4.79 Å². The summed E-state index contributed by atoms with van der Waals surface area (Å²) in [5.41, 5.74) is 1.24. The van der Waals surface area contributed by atoms with Gasteiger partial charge < -0.3 is 9.88 Å². The average Bonchev–Trinajstić information content (AvgIpc) is 3.38. The van der Waals surface area contributed by atoms with E-state index in [1.54, 1.807) is 0 Å². The zero-order chi connectivity index (χ0) is 24.4. The number of amides is 1. The van der Waals surface area contributed by atoms with Crippen molar-refractivity contribution in [2.24, 2.45) is 5.92 Å². The number of piperidine rings is 1. The number of hydrogen-bond donors (Lipinski definition) is 1. The molecule has 0 radical (unpaired) electrons. The first-order valence-electron chi connectivity index (χ1n) is 14.0. The number of benzene rings is 1. The lowest BCUT2D eigenvalue weighted by Gasteiger charge is -2.40. The molecule has 1 aromatic carbocycles. The van der Waals surface area contributed by atoms with E-state index in [4.69, 9.17) is 0 Å². The van der Waals surface area contributed by atoms with Gasteiger partial charge in [-0.05, 0) is 57.4 Å². The molecule has 3 atom stereocenters. The molecular weight excluding hydrogens is 434 g/mol. The summed E-state index contributed by atoms with van der Waals surface area (Å²) in [4.78, 5) is 15.9. The van der Waals surface area contributed by atoms with Crippen LogP contribution in [0, 0.1) is 12.8 Å². The first kappa shape index (κ1) is 24.5. The normalized spacial score (nSPS) is 26.2. The molecule has 0 spiro atoms. The van der Waals surface area contributed by atoms with Crippen LogP contribution in [0.15, 0.2) is 30.3 Å². The summed E-state index contributed by atoms with van der Waals surface area (Å²) >= 11 is 0. The monoisotopic (exact) mass is 477 g/mol. The predicted octanol–water partition coefficient (Wildman–Crippen LogP) is 5.71. The van der Waals surface area contributed by atoms with Crippen molar-refractivity contribution in [1.82, 2.24) is 25.0 Å². The van der Waals surface area contributed by atoms with E-state index in [-0.39, 0.29) is 17.9 Å². The second-order valence-corrected chi connectivity index (χ2v) is 11.5. The summed E-state index contributed by atoms with van der Waals surface area (Å²) in [7, 11) is 0. The number of nitrogens with zero attached hydrogens (tertiary/aromatic N) is 4. The Morgan fingerprint density at radius 1 is 0.971 bits per heavy atom. The highest BCUT2D eigenvalue weighted by Gasteiger charge is 2.42. The summed E-state index contributed by atoms with van der Waals surface area (Å²) in [6.07, 6.45) is 11.7. The van der Waals surface area contributed by atoms with E-state index in [2.05, 4.69) is 76.1 Å². The van der Waals surface area contributed by atoms with Gasteiger partial charge in [0.05, 0.1) is 6.04 Å². The van der Waals surface area contributed by atoms with Crippen molar-refractivity contribution in [3.05, 3.63) is 47.5 Å². The van der Waals surface area contributed by atoms with Gasteiger partial charge in [-0.3, -0.25) is 9.69 Å². The number of carbonyl (C=O) groups is 1. The van der Waals surface area contributed by atoms with Crippen LogP contribution in [0.25, 0.3) is 0 Å². The van der Waals surface area contributed by atoms with Gasteiger partial charge in [-0.15, -0.1) is 10.2 Å². The van der Waals surface area contributed by atoms with Gasteiger partial charge in [0.2, 0.25) is 5.91 Å². The second-order valence-electron chi connectivity index (χ2n) is 11.5. The number of carbonyl (C=O) groups excluding carboxylic acids is 1. The van der Waals surface area contributed by atoms with Gasteiger partial charge in [0.1, 0.15) is 11.6 Å². The topological polar surface area (TPSA) is 63.1 Å². The van der Waals surface area contributed by atoms with Crippen LogP contribution < -0.4 is 5.32 Å². The minimum absolute atomic E-state index is 0.0930. The molecule has 1 N–H and O–H groups in total. The Hall–Kier alpha value is -2.21. The third-order valence-electron chi connectivity index (χ3n) is 8.80. The van der Waals surface area contributed by atoms with Crippen LogP contribution in [0.2, 0.25) is 0 Å². The first-order valence-corrected chi connectivity index (χ1v) is 14.0. The Labute approximate surface area is 210 Å². The van der Waals surface area contributed by atoms with E-state index >= 15 is 0 Å². The molecule has 2 unspecified atom stereocenters. The van der Waals surface area contributed by atoms with Crippen LogP contribution in [-0.4, -0.2) is 44.2 Å². The molecule has 2 bridgehead atoms. The Kier molecular flexibility index (Phi) is 7.56. The SMILES string of the molecule is Cc1nnc(C(C)C)n1C1CC2CCC(C1)N2CC[C@H](NC(=O)C1CCCCC1)c1ccccc1. The largest absolute Gasteiger partial charge is 0.349 e. The highest BCUT2D eigenvalue weighted by molar-refractivity contribution is 5.79.